The van der Waals surface area contributed by atoms with Gasteiger partial charge in [-0.25, -0.2) is 9.50 Å². The SMILES string of the molecule is CC1=NNC=Cc2c1cnc1c(C)c(C)nn21. The second kappa shape index (κ2) is 3.41. The van der Waals surface area contributed by atoms with Crippen LogP contribution < -0.4 is 5.43 Å². The molecule has 1 aliphatic rings. The molecule has 0 aromatic carbocycles. The summed E-state index contributed by atoms with van der Waals surface area (Å²) in [6, 6.07) is 0. The molecule has 86 valence electrons. The molecular weight excluding hydrogens is 214 g/mol. The van der Waals surface area contributed by atoms with Crippen LogP contribution in [0, 0.1) is 13.8 Å². The smallest absolute Gasteiger partial charge is 0.158 e. The molecule has 0 radical (unpaired) electrons. The highest BCUT2D eigenvalue weighted by Gasteiger charge is 2.14. The minimum absolute atomic E-state index is 0.903. The van der Waals surface area contributed by atoms with Gasteiger partial charge in [-0.1, -0.05) is 0 Å². The molecule has 5 heteroatoms. The molecule has 3 rings (SSSR count). The van der Waals surface area contributed by atoms with Gasteiger partial charge in [0.1, 0.15) is 0 Å². The van der Waals surface area contributed by atoms with Gasteiger partial charge < -0.3 is 0 Å². The predicted molar refractivity (Wildman–Crippen MR) is 66.8 cm³/mol. The maximum Gasteiger partial charge on any atom is 0.158 e. The van der Waals surface area contributed by atoms with E-state index in [2.05, 4.69) is 20.6 Å². The van der Waals surface area contributed by atoms with Crippen LogP contribution in [0.2, 0.25) is 0 Å². The third-order valence-corrected chi connectivity index (χ3v) is 3.09. The summed E-state index contributed by atoms with van der Waals surface area (Å²) in [4.78, 5) is 4.46. The topological polar surface area (TPSA) is 54.6 Å². The fourth-order valence-corrected chi connectivity index (χ4v) is 1.97. The highest BCUT2D eigenvalue weighted by atomic mass is 15.3. The van der Waals surface area contributed by atoms with Gasteiger partial charge in [0.2, 0.25) is 0 Å². The van der Waals surface area contributed by atoms with Crippen LogP contribution in [0.1, 0.15) is 29.4 Å². The van der Waals surface area contributed by atoms with E-state index in [0.717, 1.165) is 33.9 Å². The Balaban J connectivity index is 2.44. The van der Waals surface area contributed by atoms with Gasteiger partial charge in [-0.15, -0.1) is 0 Å². The molecule has 0 atom stereocenters. The zero-order chi connectivity index (χ0) is 12.0. The van der Waals surface area contributed by atoms with Gasteiger partial charge in [-0.05, 0) is 26.8 Å². The van der Waals surface area contributed by atoms with Gasteiger partial charge in [-0.3, -0.25) is 5.43 Å². The molecule has 5 nitrogen and oxygen atoms in total. The van der Waals surface area contributed by atoms with E-state index < -0.39 is 0 Å². The number of nitrogens with zero attached hydrogens (tertiary/aromatic N) is 4. The molecule has 2 aromatic rings. The van der Waals surface area contributed by atoms with Crippen molar-refractivity contribution in [3.63, 3.8) is 0 Å². The number of aryl methyl sites for hydroxylation is 2. The summed E-state index contributed by atoms with van der Waals surface area (Å²) in [7, 11) is 0. The lowest BCUT2D eigenvalue weighted by molar-refractivity contribution is 0.903. The minimum atomic E-state index is 0.903. The van der Waals surface area contributed by atoms with Gasteiger partial charge in [0.05, 0.1) is 17.1 Å². The maximum atomic E-state index is 4.52. The van der Waals surface area contributed by atoms with Crippen LogP contribution in [-0.4, -0.2) is 20.3 Å². The molecule has 0 saturated carbocycles. The Morgan fingerprint density at radius 1 is 1.24 bits per heavy atom. The second-order valence-corrected chi connectivity index (χ2v) is 4.16. The van der Waals surface area contributed by atoms with E-state index in [0.29, 0.717) is 0 Å². The highest BCUT2D eigenvalue weighted by Crippen LogP contribution is 2.19. The molecule has 0 spiro atoms. The fourth-order valence-electron chi connectivity index (χ4n) is 1.97. The first-order valence-electron chi connectivity index (χ1n) is 5.50. The van der Waals surface area contributed by atoms with Crippen LogP contribution in [0.25, 0.3) is 11.7 Å². The third-order valence-electron chi connectivity index (χ3n) is 3.09. The van der Waals surface area contributed by atoms with Crippen molar-refractivity contribution in [1.82, 2.24) is 20.0 Å². The third kappa shape index (κ3) is 1.35. The Morgan fingerprint density at radius 3 is 2.88 bits per heavy atom. The number of rotatable bonds is 0. The lowest BCUT2D eigenvalue weighted by Gasteiger charge is -2.05. The highest BCUT2D eigenvalue weighted by molar-refractivity contribution is 6.01. The fraction of sp³-hybridized carbons (Fsp3) is 0.250. The zero-order valence-electron chi connectivity index (χ0n) is 10.0. The number of fused-ring (bicyclic) bond motifs is 3. The summed E-state index contributed by atoms with van der Waals surface area (Å²) in [6.07, 6.45) is 5.63. The summed E-state index contributed by atoms with van der Waals surface area (Å²) in [5.41, 5.74) is 8.82. The van der Waals surface area contributed by atoms with Crippen molar-refractivity contribution in [3.8, 4) is 0 Å². The standard InChI is InChI=1S/C12H13N5/c1-7-8(2)16-17-11-4-5-14-15-9(3)10(11)6-13-12(7)17/h4-6,14H,1-3H3. The van der Waals surface area contributed by atoms with E-state index in [-0.39, 0.29) is 0 Å². The Bertz CT molecular complexity index is 663. The predicted octanol–water partition coefficient (Wildman–Crippen LogP) is 1.64. The molecule has 0 bridgehead atoms. The van der Waals surface area contributed by atoms with Gasteiger partial charge in [0.25, 0.3) is 0 Å². The molecule has 3 heterocycles. The lowest BCUT2D eigenvalue weighted by atomic mass is 10.1. The summed E-state index contributed by atoms with van der Waals surface area (Å²) < 4.78 is 1.88. The number of hydrazone groups is 1. The molecule has 1 aliphatic heterocycles. The normalized spacial score (nSPS) is 14.2. The number of aromatic nitrogens is 3. The maximum absolute atomic E-state index is 4.52. The summed E-state index contributed by atoms with van der Waals surface area (Å²) in [5.74, 6) is 0. The van der Waals surface area contributed by atoms with E-state index >= 15 is 0 Å². The van der Waals surface area contributed by atoms with Crippen LogP contribution in [0.4, 0.5) is 0 Å². The zero-order valence-corrected chi connectivity index (χ0v) is 10.0. The van der Waals surface area contributed by atoms with E-state index in [1.807, 2.05) is 37.6 Å². The summed E-state index contributed by atoms with van der Waals surface area (Å²) in [6.45, 7) is 5.99. The molecule has 1 N–H and O–H groups in total. The Kier molecular flexibility index (Phi) is 2.01. The van der Waals surface area contributed by atoms with Gasteiger partial charge in [0, 0.05) is 23.5 Å². The second-order valence-electron chi connectivity index (χ2n) is 4.16. The molecule has 0 aliphatic carbocycles. The van der Waals surface area contributed by atoms with Crippen molar-refractivity contribution in [2.75, 3.05) is 0 Å². The van der Waals surface area contributed by atoms with Crippen molar-refractivity contribution >= 4 is 17.4 Å². The molecule has 0 saturated heterocycles. The average molecular weight is 227 g/mol. The van der Waals surface area contributed by atoms with Gasteiger partial charge >= 0.3 is 0 Å². The van der Waals surface area contributed by atoms with Crippen LogP contribution in [0.5, 0.6) is 0 Å². The van der Waals surface area contributed by atoms with Crippen LogP contribution in [0.15, 0.2) is 17.5 Å². The molecule has 2 aromatic heterocycles. The molecular formula is C12H13N5. The quantitative estimate of drug-likeness (QED) is 0.744. The summed E-state index contributed by atoms with van der Waals surface area (Å²) >= 11 is 0. The van der Waals surface area contributed by atoms with E-state index in [9.17, 15) is 0 Å². The number of nitrogens with one attached hydrogen (secondary N) is 1. The van der Waals surface area contributed by atoms with Crippen molar-refractivity contribution in [2.45, 2.75) is 20.8 Å². The van der Waals surface area contributed by atoms with Gasteiger partial charge in [0.15, 0.2) is 5.65 Å². The number of hydrogen-bond donors (Lipinski definition) is 1. The van der Waals surface area contributed by atoms with Crippen LogP contribution in [-0.2, 0) is 0 Å². The minimum Gasteiger partial charge on any atom is -0.285 e. The van der Waals surface area contributed by atoms with Crippen molar-refractivity contribution in [2.24, 2.45) is 5.10 Å². The number of hydrogen-bond acceptors (Lipinski definition) is 4. The first-order valence-corrected chi connectivity index (χ1v) is 5.50. The van der Waals surface area contributed by atoms with Crippen molar-refractivity contribution in [3.05, 3.63) is 34.9 Å². The van der Waals surface area contributed by atoms with E-state index in [1.165, 1.54) is 0 Å². The van der Waals surface area contributed by atoms with Gasteiger partial charge in [-0.2, -0.15) is 10.2 Å². The largest absolute Gasteiger partial charge is 0.285 e. The van der Waals surface area contributed by atoms with E-state index in [1.54, 1.807) is 6.20 Å². The molecule has 17 heavy (non-hydrogen) atoms. The van der Waals surface area contributed by atoms with Crippen molar-refractivity contribution < 1.29 is 0 Å². The lowest BCUT2D eigenvalue weighted by Crippen LogP contribution is -2.06. The van der Waals surface area contributed by atoms with Crippen LogP contribution >= 0.6 is 0 Å². The molecule has 0 amide bonds. The Hall–Kier alpha value is -2.17. The summed E-state index contributed by atoms with van der Waals surface area (Å²) in [5, 5.41) is 8.72. The first kappa shape index (κ1) is 10.0. The first-order chi connectivity index (χ1) is 8.18. The average Bonchev–Trinajstić information content (AvgIpc) is 2.50. The van der Waals surface area contributed by atoms with Crippen molar-refractivity contribution in [1.29, 1.82) is 0 Å². The Morgan fingerprint density at radius 2 is 2.06 bits per heavy atom. The van der Waals surface area contributed by atoms with Crippen LogP contribution in [0.3, 0.4) is 0 Å². The molecule has 0 fully saturated rings. The monoisotopic (exact) mass is 227 g/mol. The Labute approximate surface area is 98.9 Å². The molecule has 0 unspecified atom stereocenters. The van der Waals surface area contributed by atoms with E-state index in [4.69, 9.17) is 0 Å².